The van der Waals surface area contributed by atoms with E-state index in [0.717, 1.165) is 16.1 Å². The molecule has 0 atom stereocenters. The smallest absolute Gasteiger partial charge is 0.345 e. The average Bonchev–Trinajstić information content (AvgIpc) is 2.71. The third kappa shape index (κ3) is 1.44. The molecule has 2 rings (SSSR count). The monoisotopic (exact) mass is 207 g/mol. The van der Waals surface area contributed by atoms with Gasteiger partial charge in [0.2, 0.25) is 0 Å². The molecule has 0 amide bonds. The molecule has 2 aromatic heterocycles. The fourth-order valence-electron chi connectivity index (χ4n) is 1.33. The summed E-state index contributed by atoms with van der Waals surface area (Å²) in [5, 5.41) is 8.82. The van der Waals surface area contributed by atoms with Gasteiger partial charge in [-0.2, -0.15) is 0 Å². The van der Waals surface area contributed by atoms with Crippen LogP contribution in [0.1, 0.15) is 15.2 Å². The number of thiophene rings is 1. The topological polar surface area (TPSA) is 53.1 Å². The minimum absolute atomic E-state index is 0.382. The lowest BCUT2D eigenvalue weighted by Crippen LogP contribution is -1.89. The number of hydrogen-bond acceptors (Lipinski definition) is 2. The molecule has 2 N–H and O–H groups in total. The van der Waals surface area contributed by atoms with Gasteiger partial charge in [-0.05, 0) is 30.7 Å². The van der Waals surface area contributed by atoms with Gasteiger partial charge in [-0.15, -0.1) is 11.3 Å². The molecule has 0 aliphatic carbocycles. The Kier molecular flexibility index (Phi) is 2.13. The summed E-state index contributed by atoms with van der Waals surface area (Å²) in [4.78, 5) is 15.2. The summed E-state index contributed by atoms with van der Waals surface area (Å²) in [5.41, 5.74) is 1.97. The Balaban J connectivity index is 2.50. The summed E-state index contributed by atoms with van der Waals surface area (Å²) < 4.78 is 0. The van der Waals surface area contributed by atoms with Gasteiger partial charge in [-0.1, -0.05) is 0 Å². The highest BCUT2D eigenvalue weighted by Gasteiger charge is 2.12. The zero-order valence-corrected chi connectivity index (χ0v) is 8.39. The van der Waals surface area contributed by atoms with Gasteiger partial charge in [0.25, 0.3) is 0 Å². The lowest BCUT2D eigenvalue weighted by atomic mass is 10.2. The third-order valence-electron chi connectivity index (χ3n) is 1.97. The van der Waals surface area contributed by atoms with Gasteiger partial charge < -0.3 is 10.1 Å². The van der Waals surface area contributed by atoms with E-state index in [1.807, 2.05) is 25.3 Å². The SMILES string of the molecule is Cc1cc(C(=O)O)sc1-c1ccc[nH]1. The lowest BCUT2D eigenvalue weighted by Gasteiger charge is -1.93. The van der Waals surface area contributed by atoms with Crippen molar-refractivity contribution in [3.63, 3.8) is 0 Å². The van der Waals surface area contributed by atoms with Crippen molar-refractivity contribution in [3.05, 3.63) is 34.8 Å². The van der Waals surface area contributed by atoms with E-state index >= 15 is 0 Å². The van der Waals surface area contributed by atoms with Crippen molar-refractivity contribution in [1.82, 2.24) is 4.98 Å². The number of aromatic nitrogens is 1. The van der Waals surface area contributed by atoms with Crippen molar-refractivity contribution in [2.75, 3.05) is 0 Å². The highest BCUT2D eigenvalue weighted by atomic mass is 32.1. The average molecular weight is 207 g/mol. The number of carbonyl (C=O) groups is 1. The Morgan fingerprint density at radius 1 is 1.57 bits per heavy atom. The van der Waals surface area contributed by atoms with Gasteiger partial charge in [-0.25, -0.2) is 4.79 Å². The normalized spacial score (nSPS) is 10.4. The highest BCUT2D eigenvalue weighted by molar-refractivity contribution is 7.17. The number of carboxylic acids is 1. The van der Waals surface area contributed by atoms with Crippen LogP contribution in [0, 0.1) is 6.92 Å². The van der Waals surface area contributed by atoms with Crippen LogP contribution in [0.5, 0.6) is 0 Å². The molecule has 72 valence electrons. The first-order valence-electron chi connectivity index (χ1n) is 4.16. The Morgan fingerprint density at radius 2 is 2.36 bits per heavy atom. The predicted octanol–water partition coefficient (Wildman–Crippen LogP) is 2.75. The summed E-state index contributed by atoms with van der Waals surface area (Å²) in [6, 6.07) is 5.53. The summed E-state index contributed by atoms with van der Waals surface area (Å²) in [6.07, 6.45) is 1.83. The van der Waals surface area contributed by atoms with Gasteiger partial charge in [0.05, 0.1) is 10.6 Å². The van der Waals surface area contributed by atoms with E-state index in [1.165, 1.54) is 11.3 Å². The summed E-state index contributed by atoms with van der Waals surface area (Å²) in [7, 11) is 0. The summed E-state index contributed by atoms with van der Waals surface area (Å²) in [6.45, 7) is 1.92. The Labute approximate surface area is 85.0 Å². The lowest BCUT2D eigenvalue weighted by molar-refractivity contribution is 0.0702. The first-order chi connectivity index (χ1) is 6.68. The maximum atomic E-state index is 10.7. The number of hydrogen-bond donors (Lipinski definition) is 2. The molecule has 0 aromatic carbocycles. The molecule has 3 nitrogen and oxygen atoms in total. The van der Waals surface area contributed by atoms with Gasteiger partial charge in [0, 0.05) is 6.20 Å². The Bertz CT molecular complexity index is 456. The quantitative estimate of drug-likeness (QED) is 0.795. The molecule has 0 saturated heterocycles. The largest absolute Gasteiger partial charge is 0.477 e. The highest BCUT2D eigenvalue weighted by Crippen LogP contribution is 2.30. The van der Waals surface area contributed by atoms with Crippen LogP contribution < -0.4 is 0 Å². The van der Waals surface area contributed by atoms with Crippen molar-refractivity contribution in [2.45, 2.75) is 6.92 Å². The van der Waals surface area contributed by atoms with E-state index in [4.69, 9.17) is 5.11 Å². The van der Waals surface area contributed by atoms with Gasteiger partial charge >= 0.3 is 5.97 Å². The second-order valence-electron chi connectivity index (χ2n) is 3.01. The first kappa shape index (κ1) is 9.02. The molecule has 0 radical (unpaired) electrons. The van der Waals surface area contributed by atoms with Crippen LogP contribution in [0.4, 0.5) is 0 Å². The fraction of sp³-hybridized carbons (Fsp3) is 0.100. The second kappa shape index (κ2) is 3.31. The molecular formula is C10H9NO2S. The molecule has 2 heterocycles. The molecule has 2 aromatic rings. The molecule has 0 unspecified atom stereocenters. The van der Waals surface area contributed by atoms with Gasteiger partial charge in [-0.3, -0.25) is 0 Å². The van der Waals surface area contributed by atoms with Crippen molar-refractivity contribution < 1.29 is 9.90 Å². The number of aromatic amines is 1. The maximum Gasteiger partial charge on any atom is 0.345 e. The maximum absolute atomic E-state index is 10.7. The van der Waals surface area contributed by atoms with Crippen LogP contribution >= 0.6 is 11.3 Å². The zero-order valence-electron chi connectivity index (χ0n) is 7.57. The van der Waals surface area contributed by atoms with E-state index in [-0.39, 0.29) is 0 Å². The standard InChI is InChI=1S/C10H9NO2S/c1-6-5-8(10(12)13)14-9(6)7-3-2-4-11-7/h2-5,11H,1H3,(H,12,13). The fourth-order valence-corrected chi connectivity index (χ4v) is 2.33. The number of carboxylic acid groups (broad SMARTS) is 1. The molecule has 0 fully saturated rings. The van der Waals surface area contributed by atoms with Crippen molar-refractivity contribution in [1.29, 1.82) is 0 Å². The number of aryl methyl sites for hydroxylation is 1. The first-order valence-corrected chi connectivity index (χ1v) is 4.97. The van der Waals surface area contributed by atoms with Crippen LogP contribution in [-0.4, -0.2) is 16.1 Å². The van der Waals surface area contributed by atoms with Crippen LogP contribution in [-0.2, 0) is 0 Å². The summed E-state index contributed by atoms with van der Waals surface area (Å²) >= 11 is 1.29. The Morgan fingerprint density at radius 3 is 2.86 bits per heavy atom. The number of aromatic carboxylic acids is 1. The molecule has 4 heteroatoms. The predicted molar refractivity (Wildman–Crippen MR) is 55.8 cm³/mol. The van der Waals surface area contributed by atoms with Gasteiger partial charge in [0.15, 0.2) is 0 Å². The van der Waals surface area contributed by atoms with Crippen molar-refractivity contribution in [3.8, 4) is 10.6 Å². The molecule has 0 spiro atoms. The molecule has 0 aliphatic rings. The zero-order chi connectivity index (χ0) is 10.1. The molecule has 0 bridgehead atoms. The third-order valence-corrected chi connectivity index (χ3v) is 3.23. The Hall–Kier alpha value is -1.55. The molecule has 14 heavy (non-hydrogen) atoms. The van der Waals surface area contributed by atoms with Crippen LogP contribution in [0.15, 0.2) is 24.4 Å². The molecule has 0 saturated carbocycles. The van der Waals surface area contributed by atoms with E-state index in [2.05, 4.69) is 4.98 Å². The van der Waals surface area contributed by atoms with Gasteiger partial charge in [0.1, 0.15) is 4.88 Å². The second-order valence-corrected chi connectivity index (χ2v) is 4.06. The van der Waals surface area contributed by atoms with Crippen molar-refractivity contribution >= 4 is 17.3 Å². The van der Waals surface area contributed by atoms with Crippen molar-refractivity contribution in [2.24, 2.45) is 0 Å². The minimum atomic E-state index is -0.865. The number of nitrogens with one attached hydrogen (secondary N) is 1. The van der Waals surface area contributed by atoms with Crippen LogP contribution in [0.2, 0.25) is 0 Å². The van der Waals surface area contributed by atoms with E-state index < -0.39 is 5.97 Å². The molecular weight excluding hydrogens is 198 g/mol. The van der Waals surface area contributed by atoms with E-state index in [1.54, 1.807) is 6.07 Å². The van der Waals surface area contributed by atoms with E-state index in [9.17, 15) is 4.79 Å². The molecule has 0 aliphatic heterocycles. The number of H-pyrrole nitrogens is 1. The minimum Gasteiger partial charge on any atom is -0.477 e. The van der Waals surface area contributed by atoms with Crippen LogP contribution in [0.3, 0.4) is 0 Å². The number of rotatable bonds is 2. The summed E-state index contributed by atoms with van der Waals surface area (Å²) in [5.74, 6) is -0.865. The van der Waals surface area contributed by atoms with E-state index in [0.29, 0.717) is 4.88 Å². The van der Waals surface area contributed by atoms with Crippen LogP contribution in [0.25, 0.3) is 10.6 Å².